The molecule has 11 nitrogen and oxygen atoms in total. The van der Waals surface area contributed by atoms with E-state index in [9.17, 15) is 33.6 Å². The summed E-state index contributed by atoms with van der Waals surface area (Å²) in [5.41, 5.74) is 1.85. The summed E-state index contributed by atoms with van der Waals surface area (Å²) in [5, 5.41) is 0.653. The second-order valence-electron chi connectivity index (χ2n) is 12.8. The molecule has 0 radical (unpaired) electrons. The predicted molar refractivity (Wildman–Crippen MR) is 174 cm³/mol. The third-order valence-electron chi connectivity index (χ3n) is 10.0. The van der Waals surface area contributed by atoms with Crippen molar-refractivity contribution in [2.24, 2.45) is 11.8 Å². The van der Waals surface area contributed by atoms with E-state index in [1.807, 2.05) is 0 Å². The van der Waals surface area contributed by atoms with Crippen LogP contribution in [0.3, 0.4) is 0 Å². The maximum Gasteiger partial charge on any atom is 0.338 e. The van der Waals surface area contributed by atoms with E-state index >= 15 is 0 Å². The average molecular weight is 656 g/mol. The Hall–Kier alpha value is -5.84. The minimum atomic E-state index is -1.26. The highest BCUT2D eigenvalue weighted by Gasteiger charge is 2.49. The number of carbonyl (C=O) groups excluding carboxylic acids is 7. The highest BCUT2D eigenvalue weighted by Crippen LogP contribution is 2.42. The number of Topliss-reactive ketones (excluding diaryl/α,β-unsaturated/α-hetero) is 2. The van der Waals surface area contributed by atoms with Crippen LogP contribution in [0.5, 0.6) is 0 Å². The lowest BCUT2D eigenvalue weighted by Crippen LogP contribution is -2.31. The number of para-hydroxylation sites is 1. The number of fused-ring (bicyclic) bond motifs is 4. The largest absolute Gasteiger partial charge is 0.462 e. The standard InChI is InChI=1S/C38H29N3O8/c42-32-22-15-13-21(38(48)49-18-6-17-40-34(44)23-8-1-2-9-24(23)35(40)45)19-27(22)33(43)30(32)28-16-14-20-7-5-12-29(31(20)39-28)41-36(46)25-10-3-4-11-26(25)37(41)47/h1-2,5,7-9,12-16,19,25-26,30H,3-4,6,10-11,17-18H2. The Bertz CT molecular complexity index is 2110. The number of benzene rings is 3. The van der Waals surface area contributed by atoms with Crippen LogP contribution in [-0.2, 0) is 14.3 Å². The fourth-order valence-corrected chi connectivity index (χ4v) is 7.59. The summed E-state index contributed by atoms with van der Waals surface area (Å²) in [7, 11) is 0. The summed E-state index contributed by atoms with van der Waals surface area (Å²) in [5.74, 6) is -4.92. The van der Waals surface area contributed by atoms with Gasteiger partial charge in [0.05, 0.1) is 52.0 Å². The van der Waals surface area contributed by atoms with Gasteiger partial charge in [0.2, 0.25) is 11.8 Å². The molecule has 1 saturated heterocycles. The van der Waals surface area contributed by atoms with E-state index < -0.39 is 35.3 Å². The van der Waals surface area contributed by atoms with Crippen molar-refractivity contribution in [1.29, 1.82) is 0 Å². The SMILES string of the molecule is O=C(OCCCN1C(=O)c2ccccc2C1=O)c1ccc2c(c1)C(=O)C(c1ccc3cccc(N4C(=O)C5CCCCC5C4=O)c3n1)C2=O. The molecule has 0 spiro atoms. The molecule has 1 saturated carbocycles. The molecule has 49 heavy (non-hydrogen) atoms. The van der Waals surface area contributed by atoms with Crippen LogP contribution < -0.4 is 4.90 Å². The fourth-order valence-electron chi connectivity index (χ4n) is 7.59. The first-order chi connectivity index (χ1) is 23.7. The van der Waals surface area contributed by atoms with E-state index in [0.29, 0.717) is 40.6 Å². The second kappa shape index (κ2) is 11.7. The van der Waals surface area contributed by atoms with Gasteiger partial charge in [-0.2, -0.15) is 0 Å². The number of anilines is 1. The zero-order valence-electron chi connectivity index (χ0n) is 26.2. The van der Waals surface area contributed by atoms with Gasteiger partial charge < -0.3 is 4.74 Å². The second-order valence-corrected chi connectivity index (χ2v) is 12.8. The number of rotatable bonds is 7. The van der Waals surface area contributed by atoms with Crippen LogP contribution >= 0.6 is 0 Å². The Morgan fingerprint density at radius 1 is 0.735 bits per heavy atom. The van der Waals surface area contributed by atoms with Crippen molar-refractivity contribution in [3.63, 3.8) is 0 Å². The van der Waals surface area contributed by atoms with Crippen LogP contribution in [0.25, 0.3) is 10.9 Å². The number of nitrogens with zero attached hydrogens (tertiary/aromatic N) is 3. The van der Waals surface area contributed by atoms with Gasteiger partial charge in [-0.25, -0.2) is 14.7 Å². The summed E-state index contributed by atoms with van der Waals surface area (Å²) in [6.45, 7) is -0.00805. The Morgan fingerprint density at radius 2 is 1.41 bits per heavy atom. The maximum atomic E-state index is 13.7. The van der Waals surface area contributed by atoms with Gasteiger partial charge >= 0.3 is 5.97 Å². The monoisotopic (exact) mass is 655 g/mol. The lowest BCUT2D eigenvalue weighted by molar-refractivity contribution is -0.122. The molecular weight excluding hydrogens is 626 g/mol. The molecule has 0 N–H and O–H groups in total. The number of esters is 1. The first kappa shape index (κ1) is 30.5. The predicted octanol–water partition coefficient (Wildman–Crippen LogP) is 4.92. The van der Waals surface area contributed by atoms with Gasteiger partial charge in [-0.15, -0.1) is 0 Å². The lowest BCUT2D eigenvalue weighted by atomic mass is 9.81. The summed E-state index contributed by atoms with van der Waals surface area (Å²) >= 11 is 0. The first-order valence-corrected chi connectivity index (χ1v) is 16.4. The molecule has 8 rings (SSSR count). The molecular formula is C38H29N3O8. The Morgan fingerprint density at radius 3 is 2.10 bits per heavy atom. The van der Waals surface area contributed by atoms with Gasteiger partial charge in [0.1, 0.15) is 5.92 Å². The molecule has 3 heterocycles. The van der Waals surface area contributed by atoms with Crippen molar-refractivity contribution in [3.8, 4) is 0 Å². The molecule has 3 unspecified atom stereocenters. The molecule has 2 fully saturated rings. The van der Waals surface area contributed by atoms with Crippen molar-refractivity contribution in [1.82, 2.24) is 9.88 Å². The molecule has 11 heteroatoms. The van der Waals surface area contributed by atoms with Crippen LogP contribution in [0.1, 0.15) is 95.5 Å². The van der Waals surface area contributed by atoms with Gasteiger partial charge in [-0.1, -0.05) is 43.2 Å². The first-order valence-electron chi connectivity index (χ1n) is 16.4. The smallest absolute Gasteiger partial charge is 0.338 e. The Labute approximate surface area is 279 Å². The molecule has 1 aromatic heterocycles. The van der Waals surface area contributed by atoms with Crippen molar-refractivity contribution >= 4 is 57.8 Å². The van der Waals surface area contributed by atoms with E-state index in [1.165, 1.54) is 23.1 Å². The van der Waals surface area contributed by atoms with Crippen LogP contribution in [0.4, 0.5) is 5.69 Å². The number of pyridine rings is 1. The number of hydrogen-bond acceptors (Lipinski definition) is 9. The average Bonchev–Trinajstić information content (AvgIpc) is 3.64. The zero-order valence-corrected chi connectivity index (χ0v) is 26.2. The molecule has 2 aliphatic carbocycles. The van der Waals surface area contributed by atoms with Crippen molar-refractivity contribution in [3.05, 3.63) is 106 Å². The van der Waals surface area contributed by atoms with Gasteiger partial charge in [0, 0.05) is 23.1 Å². The highest BCUT2D eigenvalue weighted by molar-refractivity contribution is 6.30. The van der Waals surface area contributed by atoms with Crippen molar-refractivity contribution in [2.75, 3.05) is 18.1 Å². The van der Waals surface area contributed by atoms with E-state index in [1.54, 1.807) is 54.6 Å². The van der Waals surface area contributed by atoms with Crippen LogP contribution in [0, 0.1) is 11.8 Å². The molecule has 4 aliphatic rings. The van der Waals surface area contributed by atoms with Gasteiger partial charge in [0.15, 0.2) is 11.6 Å². The Balaban J connectivity index is 0.983. The van der Waals surface area contributed by atoms with Gasteiger partial charge in [0.25, 0.3) is 11.8 Å². The summed E-state index contributed by atoms with van der Waals surface area (Å²) < 4.78 is 5.37. The number of amides is 4. The molecule has 3 atom stereocenters. The molecule has 3 aromatic carbocycles. The van der Waals surface area contributed by atoms with E-state index in [-0.39, 0.29) is 65.6 Å². The maximum absolute atomic E-state index is 13.7. The van der Waals surface area contributed by atoms with E-state index in [4.69, 9.17) is 9.72 Å². The topological polar surface area (TPSA) is 148 Å². The third-order valence-corrected chi connectivity index (χ3v) is 10.0. The number of ether oxygens (including phenoxy) is 1. The normalized spacial score (nSPS) is 21.4. The summed E-state index contributed by atoms with van der Waals surface area (Å²) in [6, 6.07) is 19.2. The number of aromatic nitrogens is 1. The zero-order chi connectivity index (χ0) is 34.0. The van der Waals surface area contributed by atoms with Crippen LogP contribution in [0.15, 0.2) is 72.8 Å². The van der Waals surface area contributed by atoms with Crippen LogP contribution in [-0.4, -0.2) is 64.2 Å². The van der Waals surface area contributed by atoms with E-state index in [0.717, 1.165) is 17.7 Å². The lowest BCUT2D eigenvalue weighted by Gasteiger charge is -2.19. The van der Waals surface area contributed by atoms with Gasteiger partial charge in [-0.05, 0) is 61.7 Å². The third kappa shape index (κ3) is 4.79. The van der Waals surface area contributed by atoms with Gasteiger partial charge in [-0.3, -0.25) is 33.7 Å². The highest BCUT2D eigenvalue weighted by atomic mass is 16.5. The van der Waals surface area contributed by atoms with E-state index in [2.05, 4.69) is 0 Å². The number of carbonyl (C=O) groups is 7. The summed E-state index contributed by atoms with van der Waals surface area (Å²) in [4.78, 5) is 99.1. The summed E-state index contributed by atoms with van der Waals surface area (Å²) in [6.07, 6.45) is 3.36. The van der Waals surface area contributed by atoms with Crippen molar-refractivity contribution in [2.45, 2.75) is 38.0 Å². The fraction of sp³-hybridized carbons (Fsp3) is 0.263. The quantitative estimate of drug-likeness (QED) is 0.117. The molecule has 4 aromatic rings. The minimum Gasteiger partial charge on any atom is -0.462 e. The number of ketones is 2. The molecule has 244 valence electrons. The minimum absolute atomic E-state index is 0.0691. The van der Waals surface area contributed by atoms with Crippen molar-refractivity contribution < 1.29 is 38.3 Å². The number of imide groups is 2. The molecule has 2 aliphatic heterocycles. The van der Waals surface area contributed by atoms with Crippen LogP contribution in [0.2, 0.25) is 0 Å². The molecule has 0 bridgehead atoms. The number of hydrogen-bond donors (Lipinski definition) is 0. The Kier molecular flexibility index (Phi) is 7.28. The molecule has 4 amide bonds.